The molecule has 1 unspecified atom stereocenters. The van der Waals surface area contributed by atoms with Gasteiger partial charge in [-0.1, -0.05) is 18.5 Å². The molecule has 6 nitrogen and oxygen atoms in total. The summed E-state index contributed by atoms with van der Waals surface area (Å²) in [4.78, 5) is 17.7. The smallest absolute Gasteiger partial charge is 0.324 e. The number of carbonyl (C=O) groups is 1. The largest absolute Gasteiger partial charge is 0.480 e. The minimum absolute atomic E-state index is 0.424. The monoisotopic (exact) mass is 253 g/mol. The molecule has 0 saturated carbocycles. The molecule has 1 aromatic rings. The summed E-state index contributed by atoms with van der Waals surface area (Å²) < 4.78 is 5.08. The Morgan fingerprint density at radius 3 is 2.94 bits per heavy atom. The quantitative estimate of drug-likeness (QED) is 0.858. The zero-order valence-corrected chi connectivity index (χ0v) is 10.8. The Bertz CT molecular complexity index is 432. The summed E-state index contributed by atoms with van der Waals surface area (Å²) in [5.74, 6) is 0.342. The van der Waals surface area contributed by atoms with Gasteiger partial charge in [0.05, 0.1) is 6.54 Å². The van der Waals surface area contributed by atoms with Crippen LogP contribution in [-0.2, 0) is 11.3 Å². The summed E-state index contributed by atoms with van der Waals surface area (Å²) in [5.41, 5.74) is -0.753. The minimum Gasteiger partial charge on any atom is -0.480 e. The third kappa shape index (κ3) is 2.25. The molecule has 0 aliphatic carbocycles. The average molecular weight is 253 g/mol. The van der Waals surface area contributed by atoms with Crippen LogP contribution >= 0.6 is 0 Å². The second-order valence-electron chi connectivity index (χ2n) is 4.85. The fraction of sp³-hybridized carbons (Fsp3) is 0.750. The van der Waals surface area contributed by atoms with Gasteiger partial charge in [0.2, 0.25) is 5.89 Å². The molecule has 2 rings (SSSR count). The Hall–Kier alpha value is -1.43. The molecule has 1 fully saturated rings. The molecule has 1 aliphatic heterocycles. The summed E-state index contributed by atoms with van der Waals surface area (Å²) in [6, 6.07) is 0. The van der Waals surface area contributed by atoms with Crippen molar-refractivity contribution >= 4 is 5.97 Å². The van der Waals surface area contributed by atoms with E-state index >= 15 is 0 Å². The van der Waals surface area contributed by atoms with Crippen molar-refractivity contribution < 1.29 is 14.4 Å². The Kier molecular flexibility index (Phi) is 3.65. The van der Waals surface area contributed by atoms with Gasteiger partial charge in [-0.2, -0.15) is 4.98 Å². The summed E-state index contributed by atoms with van der Waals surface area (Å²) >= 11 is 0. The van der Waals surface area contributed by atoms with E-state index in [0.717, 1.165) is 19.4 Å². The first-order valence-electron chi connectivity index (χ1n) is 6.36. The fourth-order valence-corrected chi connectivity index (χ4v) is 2.78. The molecule has 0 bridgehead atoms. The molecule has 1 atom stereocenters. The van der Waals surface area contributed by atoms with Crippen LogP contribution in [0.3, 0.4) is 0 Å². The molecule has 1 N–H and O–H groups in total. The maximum Gasteiger partial charge on any atom is 0.324 e. The highest BCUT2D eigenvalue weighted by molar-refractivity contribution is 5.79. The molecule has 0 radical (unpaired) electrons. The van der Waals surface area contributed by atoms with Gasteiger partial charge in [-0.3, -0.25) is 9.69 Å². The number of rotatable bonds is 5. The van der Waals surface area contributed by atoms with Crippen LogP contribution in [0.5, 0.6) is 0 Å². The van der Waals surface area contributed by atoms with Gasteiger partial charge in [0.25, 0.3) is 0 Å². The van der Waals surface area contributed by atoms with E-state index in [4.69, 9.17) is 4.52 Å². The van der Waals surface area contributed by atoms with Crippen LogP contribution in [0.4, 0.5) is 0 Å². The first-order chi connectivity index (χ1) is 8.58. The fourth-order valence-electron chi connectivity index (χ4n) is 2.78. The van der Waals surface area contributed by atoms with E-state index in [-0.39, 0.29) is 0 Å². The lowest BCUT2D eigenvalue weighted by Gasteiger charge is -2.33. The number of nitrogens with zero attached hydrogens (tertiary/aromatic N) is 3. The standard InChI is InChI=1S/C12H19N3O3/c1-3-5-12(11(16)17)6-4-7-15(12)8-10-13-9(2)14-18-10/h3-8H2,1-2H3,(H,16,17). The molecule has 1 aromatic heterocycles. The topological polar surface area (TPSA) is 79.5 Å². The second kappa shape index (κ2) is 5.06. The van der Waals surface area contributed by atoms with Gasteiger partial charge in [0.1, 0.15) is 5.54 Å². The van der Waals surface area contributed by atoms with Crippen molar-refractivity contribution in [3.63, 3.8) is 0 Å². The molecule has 6 heteroatoms. The number of aryl methyl sites for hydroxylation is 1. The van der Waals surface area contributed by atoms with E-state index in [1.807, 2.05) is 11.8 Å². The third-order valence-corrected chi connectivity index (χ3v) is 3.58. The van der Waals surface area contributed by atoms with Crippen molar-refractivity contribution in [2.24, 2.45) is 0 Å². The summed E-state index contributed by atoms with van der Waals surface area (Å²) in [6.45, 7) is 4.96. The summed E-state index contributed by atoms with van der Waals surface area (Å²) in [6.07, 6.45) is 3.11. The van der Waals surface area contributed by atoms with Gasteiger partial charge < -0.3 is 9.63 Å². The number of hydrogen-bond donors (Lipinski definition) is 1. The molecule has 0 aromatic carbocycles. The number of aliphatic carboxylic acids is 1. The van der Waals surface area contributed by atoms with Crippen molar-refractivity contribution in [2.45, 2.75) is 51.6 Å². The van der Waals surface area contributed by atoms with Crippen molar-refractivity contribution in [1.29, 1.82) is 0 Å². The van der Waals surface area contributed by atoms with Crippen LogP contribution in [-0.4, -0.2) is 38.2 Å². The Morgan fingerprint density at radius 1 is 1.61 bits per heavy atom. The van der Waals surface area contributed by atoms with Crippen LogP contribution in [0.25, 0.3) is 0 Å². The predicted octanol–water partition coefficient (Wildman–Crippen LogP) is 1.60. The van der Waals surface area contributed by atoms with Crippen LogP contribution in [0.15, 0.2) is 4.52 Å². The third-order valence-electron chi connectivity index (χ3n) is 3.58. The first-order valence-corrected chi connectivity index (χ1v) is 6.36. The van der Waals surface area contributed by atoms with Gasteiger partial charge in [0.15, 0.2) is 5.82 Å². The highest BCUT2D eigenvalue weighted by Crippen LogP contribution is 2.35. The lowest BCUT2D eigenvalue weighted by atomic mass is 9.90. The zero-order valence-electron chi connectivity index (χ0n) is 10.8. The van der Waals surface area contributed by atoms with Crippen molar-refractivity contribution in [3.8, 4) is 0 Å². The van der Waals surface area contributed by atoms with E-state index in [1.165, 1.54) is 0 Å². The van der Waals surface area contributed by atoms with E-state index in [0.29, 0.717) is 31.1 Å². The summed E-state index contributed by atoms with van der Waals surface area (Å²) in [5, 5.41) is 13.3. The molecule has 18 heavy (non-hydrogen) atoms. The lowest BCUT2D eigenvalue weighted by molar-refractivity contribution is -0.150. The normalized spacial score (nSPS) is 24.6. The van der Waals surface area contributed by atoms with Crippen LogP contribution < -0.4 is 0 Å². The van der Waals surface area contributed by atoms with Crippen molar-refractivity contribution in [1.82, 2.24) is 15.0 Å². The number of aromatic nitrogens is 2. The highest BCUT2D eigenvalue weighted by atomic mass is 16.5. The first kappa shape index (κ1) is 13.0. The molecule has 0 amide bonds. The minimum atomic E-state index is -0.753. The Balaban J connectivity index is 2.17. The maximum absolute atomic E-state index is 11.6. The number of hydrogen-bond acceptors (Lipinski definition) is 5. The van der Waals surface area contributed by atoms with E-state index in [9.17, 15) is 9.90 Å². The number of likely N-dealkylation sites (tertiary alicyclic amines) is 1. The van der Waals surface area contributed by atoms with Crippen LogP contribution in [0.1, 0.15) is 44.3 Å². The van der Waals surface area contributed by atoms with Gasteiger partial charge in [-0.05, 0) is 32.7 Å². The van der Waals surface area contributed by atoms with Gasteiger partial charge in [0, 0.05) is 0 Å². The number of carboxylic acids is 1. The van der Waals surface area contributed by atoms with Crippen LogP contribution in [0, 0.1) is 6.92 Å². The maximum atomic E-state index is 11.6. The Morgan fingerprint density at radius 2 is 2.39 bits per heavy atom. The number of carboxylic acid groups (broad SMARTS) is 1. The van der Waals surface area contributed by atoms with E-state index < -0.39 is 11.5 Å². The SMILES string of the molecule is CCCC1(C(=O)O)CCCN1Cc1nc(C)no1. The molecule has 0 spiro atoms. The van der Waals surface area contributed by atoms with Crippen molar-refractivity contribution in [2.75, 3.05) is 6.54 Å². The summed E-state index contributed by atoms with van der Waals surface area (Å²) in [7, 11) is 0. The molecule has 1 saturated heterocycles. The highest BCUT2D eigenvalue weighted by Gasteiger charge is 2.47. The lowest BCUT2D eigenvalue weighted by Crippen LogP contribution is -2.50. The molecular formula is C12H19N3O3. The second-order valence-corrected chi connectivity index (χ2v) is 4.85. The molecule has 2 heterocycles. The molecule has 1 aliphatic rings. The van der Waals surface area contributed by atoms with Gasteiger partial charge in [-0.25, -0.2) is 0 Å². The molecule has 100 valence electrons. The van der Waals surface area contributed by atoms with Gasteiger partial charge >= 0.3 is 5.97 Å². The van der Waals surface area contributed by atoms with Crippen molar-refractivity contribution in [3.05, 3.63) is 11.7 Å². The van der Waals surface area contributed by atoms with E-state index in [2.05, 4.69) is 10.1 Å². The predicted molar refractivity (Wildman–Crippen MR) is 64.0 cm³/mol. The zero-order chi connectivity index (χ0) is 13.2. The Labute approximate surface area is 106 Å². The van der Waals surface area contributed by atoms with E-state index in [1.54, 1.807) is 6.92 Å². The molecular weight excluding hydrogens is 234 g/mol. The average Bonchev–Trinajstić information content (AvgIpc) is 2.88. The van der Waals surface area contributed by atoms with Crippen LogP contribution in [0.2, 0.25) is 0 Å². The van der Waals surface area contributed by atoms with Gasteiger partial charge in [-0.15, -0.1) is 0 Å².